The Morgan fingerprint density at radius 1 is 1.17 bits per heavy atom. The third kappa shape index (κ3) is 2.44. The van der Waals surface area contributed by atoms with Crippen molar-refractivity contribution in [1.82, 2.24) is 4.98 Å². The SMILES string of the molecule is CN(C)c1ncc(-c2ccc(Cl)cc2)cc1C#N. The second kappa shape index (κ2) is 5.07. The molecule has 0 spiro atoms. The van der Waals surface area contributed by atoms with Crippen LogP contribution >= 0.6 is 11.6 Å². The number of halogens is 1. The molecule has 3 nitrogen and oxygen atoms in total. The number of benzene rings is 1. The van der Waals surface area contributed by atoms with Crippen LogP contribution in [-0.4, -0.2) is 19.1 Å². The minimum absolute atomic E-state index is 0.562. The first-order valence-electron chi connectivity index (χ1n) is 5.45. The fourth-order valence-electron chi connectivity index (χ4n) is 1.70. The highest BCUT2D eigenvalue weighted by Crippen LogP contribution is 2.25. The summed E-state index contributed by atoms with van der Waals surface area (Å²) in [6.07, 6.45) is 1.76. The van der Waals surface area contributed by atoms with Crippen LogP contribution < -0.4 is 4.90 Å². The molecule has 0 aliphatic heterocycles. The van der Waals surface area contributed by atoms with E-state index in [1.165, 1.54) is 0 Å². The van der Waals surface area contributed by atoms with Crippen LogP contribution in [0, 0.1) is 11.3 Å². The van der Waals surface area contributed by atoms with Crippen molar-refractivity contribution in [2.24, 2.45) is 0 Å². The topological polar surface area (TPSA) is 39.9 Å². The number of nitriles is 1. The molecule has 90 valence electrons. The second-order valence-electron chi connectivity index (χ2n) is 4.11. The average Bonchev–Trinajstić information content (AvgIpc) is 2.38. The van der Waals surface area contributed by atoms with E-state index in [0.29, 0.717) is 16.4 Å². The molecule has 0 amide bonds. The van der Waals surface area contributed by atoms with Crippen LogP contribution in [0.15, 0.2) is 36.5 Å². The lowest BCUT2D eigenvalue weighted by atomic mass is 10.1. The number of pyridine rings is 1. The summed E-state index contributed by atoms with van der Waals surface area (Å²) >= 11 is 5.85. The molecule has 18 heavy (non-hydrogen) atoms. The van der Waals surface area contributed by atoms with E-state index < -0.39 is 0 Å². The monoisotopic (exact) mass is 257 g/mol. The summed E-state index contributed by atoms with van der Waals surface area (Å²) in [5.41, 5.74) is 2.47. The first-order valence-corrected chi connectivity index (χ1v) is 5.83. The fourth-order valence-corrected chi connectivity index (χ4v) is 1.82. The summed E-state index contributed by atoms with van der Waals surface area (Å²) in [5, 5.41) is 9.84. The van der Waals surface area contributed by atoms with Gasteiger partial charge in [0.15, 0.2) is 0 Å². The van der Waals surface area contributed by atoms with Crippen LogP contribution in [0.2, 0.25) is 5.02 Å². The van der Waals surface area contributed by atoms with Gasteiger partial charge in [-0.2, -0.15) is 5.26 Å². The van der Waals surface area contributed by atoms with Gasteiger partial charge in [-0.15, -0.1) is 0 Å². The molecule has 2 aromatic rings. The van der Waals surface area contributed by atoms with E-state index in [4.69, 9.17) is 16.9 Å². The van der Waals surface area contributed by atoms with Crippen LogP contribution in [0.1, 0.15) is 5.56 Å². The van der Waals surface area contributed by atoms with Crippen molar-refractivity contribution in [2.45, 2.75) is 0 Å². The molecule has 0 aliphatic rings. The van der Waals surface area contributed by atoms with Gasteiger partial charge in [0.1, 0.15) is 11.9 Å². The first-order chi connectivity index (χ1) is 8.61. The van der Waals surface area contributed by atoms with Gasteiger partial charge in [-0.25, -0.2) is 4.98 Å². The molecular weight excluding hydrogens is 246 g/mol. The third-order valence-electron chi connectivity index (χ3n) is 2.59. The molecule has 0 atom stereocenters. The van der Waals surface area contributed by atoms with Gasteiger partial charge in [0.05, 0.1) is 5.56 Å². The summed E-state index contributed by atoms with van der Waals surface area (Å²) in [7, 11) is 3.73. The third-order valence-corrected chi connectivity index (χ3v) is 2.84. The minimum Gasteiger partial charge on any atom is -0.362 e. The lowest BCUT2D eigenvalue weighted by molar-refractivity contribution is 1.06. The van der Waals surface area contributed by atoms with Crippen LogP contribution in [-0.2, 0) is 0 Å². The van der Waals surface area contributed by atoms with Gasteiger partial charge in [0, 0.05) is 30.9 Å². The van der Waals surface area contributed by atoms with Crippen molar-refractivity contribution in [3.8, 4) is 17.2 Å². The molecule has 0 radical (unpaired) electrons. The molecule has 0 N–H and O–H groups in total. The summed E-state index contributed by atoms with van der Waals surface area (Å²) in [6.45, 7) is 0. The van der Waals surface area contributed by atoms with Gasteiger partial charge in [0.25, 0.3) is 0 Å². The van der Waals surface area contributed by atoms with Gasteiger partial charge < -0.3 is 4.90 Å². The Hall–Kier alpha value is -2.05. The van der Waals surface area contributed by atoms with Gasteiger partial charge >= 0.3 is 0 Å². The summed E-state index contributed by atoms with van der Waals surface area (Å²) in [5.74, 6) is 0.676. The zero-order chi connectivity index (χ0) is 13.1. The van der Waals surface area contributed by atoms with E-state index >= 15 is 0 Å². The molecule has 0 unspecified atom stereocenters. The Morgan fingerprint density at radius 2 is 1.83 bits per heavy atom. The molecule has 0 bridgehead atoms. The van der Waals surface area contributed by atoms with E-state index in [1.807, 2.05) is 49.3 Å². The number of rotatable bonds is 2. The molecule has 0 aliphatic carbocycles. The van der Waals surface area contributed by atoms with Crippen molar-refractivity contribution in [2.75, 3.05) is 19.0 Å². The normalized spacial score (nSPS) is 9.89. The number of anilines is 1. The maximum absolute atomic E-state index is 9.15. The zero-order valence-corrected chi connectivity index (χ0v) is 10.9. The average molecular weight is 258 g/mol. The van der Waals surface area contributed by atoms with Gasteiger partial charge in [-0.1, -0.05) is 23.7 Å². The summed E-state index contributed by atoms with van der Waals surface area (Å²) in [4.78, 5) is 6.14. The number of nitrogens with zero attached hydrogens (tertiary/aromatic N) is 3. The molecule has 0 saturated heterocycles. The highest BCUT2D eigenvalue weighted by molar-refractivity contribution is 6.30. The Labute approximate surface area is 111 Å². The summed E-state index contributed by atoms with van der Waals surface area (Å²) in [6, 6.07) is 11.5. The predicted octanol–water partition coefficient (Wildman–Crippen LogP) is 3.34. The van der Waals surface area contributed by atoms with Crippen molar-refractivity contribution in [3.63, 3.8) is 0 Å². The quantitative estimate of drug-likeness (QED) is 0.828. The predicted molar refractivity (Wildman–Crippen MR) is 73.7 cm³/mol. The molecule has 0 saturated carbocycles. The van der Waals surface area contributed by atoms with E-state index in [0.717, 1.165) is 11.1 Å². The molecule has 2 rings (SSSR count). The smallest absolute Gasteiger partial charge is 0.146 e. The van der Waals surface area contributed by atoms with Crippen LogP contribution in [0.4, 0.5) is 5.82 Å². The lowest BCUT2D eigenvalue weighted by Gasteiger charge is -2.13. The van der Waals surface area contributed by atoms with Gasteiger partial charge in [0.2, 0.25) is 0 Å². The highest BCUT2D eigenvalue weighted by Gasteiger charge is 2.08. The Morgan fingerprint density at radius 3 is 2.39 bits per heavy atom. The number of aromatic nitrogens is 1. The van der Waals surface area contributed by atoms with Crippen molar-refractivity contribution in [3.05, 3.63) is 47.1 Å². The van der Waals surface area contributed by atoms with Crippen LogP contribution in [0.3, 0.4) is 0 Å². The van der Waals surface area contributed by atoms with E-state index in [2.05, 4.69) is 11.1 Å². The van der Waals surface area contributed by atoms with Crippen molar-refractivity contribution >= 4 is 17.4 Å². The standard InChI is InChI=1S/C14H12ClN3/c1-18(2)14-11(8-16)7-12(9-17-14)10-3-5-13(15)6-4-10/h3-7,9H,1-2H3. The van der Waals surface area contributed by atoms with E-state index in [-0.39, 0.29) is 0 Å². The fraction of sp³-hybridized carbons (Fsp3) is 0.143. The Kier molecular flexibility index (Phi) is 3.50. The molecule has 0 fully saturated rings. The number of hydrogen-bond donors (Lipinski definition) is 0. The maximum Gasteiger partial charge on any atom is 0.146 e. The first kappa shape index (κ1) is 12.4. The number of hydrogen-bond acceptors (Lipinski definition) is 3. The van der Waals surface area contributed by atoms with E-state index in [1.54, 1.807) is 6.20 Å². The van der Waals surface area contributed by atoms with Crippen LogP contribution in [0.25, 0.3) is 11.1 Å². The Balaban J connectivity index is 2.48. The molecule has 4 heteroatoms. The Bertz CT molecular complexity index is 597. The molecule has 1 heterocycles. The van der Waals surface area contributed by atoms with Crippen LogP contribution in [0.5, 0.6) is 0 Å². The second-order valence-corrected chi connectivity index (χ2v) is 4.54. The largest absolute Gasteiger partial charge is 0.362 e. The summed E-state index contributed by atoms with van der Waals surface area (Å²) < 4.78 is 0. The van der Waals surface area contributed by atoms with Gasteiger partial charge in [-0.3, -0.25) is 0 Å². The van der Waals surface area contributed by atoms with Crippen molar-refractivity contribution < 1.29 is 0 Å². The molecular formula is C14H12ClN3. The van der Waals surface area contributed by atoms with Gasteiger partial charge in [-0.05, 0) is 23.8 Å². The highest BCUT2D eigenvalue weighted by atomic mass is 35.5. The maximum atomic E-state index is 9.15. The van der Waals surface area contributed by atoms with Crippen molar-refractivity contribution in [1.29, 1.82) is 5.26 Å². The molecule has 1 aromatic carbocycles. The minimum atomic E-state index is 0.562. The molecule has 1 aromatic heterocycles. The zero-order valence-electron chi connectivity index (χ0n) is 10.2. The lowest BCUT2D eigenvalue weighted by Crippen LogP contribution is -2.12. The van der Waals surface area contributed by atoms with E-state index in [9.17, 15) is 0 Å².